The number of carbonyl (C=O) groups is 1. The predicted molar refractivity (Wildman–Crippen MR) is 66.3 cm³/mol. The van der Waals surface area contributed by atoms with Crippen LogP contribution in [0.15, 0.2) is 24.3 Å². The minimum Gasteiger partial charge on any atom is -0.378 e. The Balaban J connectivity index is 1.84. The predicted octanol–water partition coefficient (Wildman–Crippen LogP) is 0.339. The lowest BCUT2D eigenvalue weighted by Gasteiger charge is -2.26. The normalized spacial score (nSPS) is 15.5. The molecular formula is C12H13N5O2. The van der Waals surface area contributed by atoms with Crippen LogP contribution < -0.4 is 0 Å². The van der Waals surface area contributed by atoms with Crippen molar-refractivity contribution in [3.05, 3.63) is 29.8 Å². The van der Waals surface area contributed by atoms with Gasteiger partial charge in [-0.15, -0.1) is 10.2 Å². The molecule has 2 aromatic rings. The van der Waals surface area contributed by atoms with Crippen LogP contribution in [0.5, 0.6) is 0 Å². The van der Waals surface area contributed by atoms with Crippen molar-refractivity contribution in [2.24, 2.45) is 0 Å². The lowest BCUT2D eigenvalue weighted by molar-refractivity contribution is 0.0303. The number of ether oxygens (including phenoxy) is 1. The molecule has 1 fully saturated rings. The lowest BCUT2D eigenvalue weighted by Crippen LogP contribution is -2.40. The maximum absolute atomic E-state index is 12.3. The van der Waals surface area contributed by atoms with Gasteiger partial charge in [0.15, 0.2) is 0 Å². The largest absolute Gasteiger partial charge is 0.378 e. The van der Waals surface area contributed by atoms with E-state index in [4.69, 9.17) is 4.74 Å². The summed E-state index contributed by atoms with van der Waals surface area (Å²) in [5.74, 6) is 0.491. The van der Waals surface area contributed by atoms with Crippen molar-refractivity contribution in [1.82, 2.24) is 25.5 Å². The van der Waals surface area contributed by atoms with Crippen molar-refractivity contribution in [2.45, 2.75) is 0 Å². The topological polar surface area (TPSA) is 84.0 Å². The molecule has 1 aromatic heterocycles. The third kappa shape index (κ3) is 2.45. The Morgan fingerprint density at radius 3 is 2.89 bits per heavy atom. The van der Waals surface area contributed by atoms with Crippen molar-refractivity contribution < 1.29 is 9.53 Å². The summed E-state index contributed by atoms with van der Waals surface area (Å²) < 4.78 is 5.24. The maximum atomic E-state index is 12.3. The Labute approximate surface area is 109 Å². The molecule has 1 aliphatic rings. The SMILES string of the molecule is O=C(c1cccc(-c2nn[nH]n2)c1)N1CCOCC1. The molecular weight excluding hydrogens is 246 g/mol. The van der Waals surface area contributed by atoms with E-state index < -0.39 is 0 Å². The molecule has 19 heavy (non-hydrogen) atoms. The summed E-state index contributed by atoms with van der Waals surface area (Å²) in [5, 5.41) is 13.7. The summed E-state index contributed by atoms with van der Waals surface area (Å²) in [5.41, 5.74) is 1.40. The molecule has 0 saturated carbocycles. The molecule has 2 heterocycles. The van der Waals surface area contributed by atoms with Crippen molar-refractivity contribution in [3.8, 4) is 11.4 Å². The van der Waals surface area contributed by atoms with E-state index in [2.05, 4.69) is 20.6 Å². The van der Waals surface area contributed by atoms with Crippen LogP contribution in [0.4, 0.5) is 0 Å². The Bertz CT molecular complexity index is 563. The number of nitrogens with one attached hydrogen (secondary N) is 1. The molecule has 0 aliphatic carbocycles. The van der Waals surface area contributed by atoms with Crippen LogP contribution in [0.25, 0.3) is 11.4 Å². The van der Waals surface area contributed by atoms with Gasteiger partial charge in [-0.1, -0.05) is 12.1 Å². The lowest BCUT2D eigenvalue weighted by atomic mass is 10.1. The Morgan fingerprint density at radius 2 is 2.16 bits per heavy atom. The molecule has 3 rings (SSSR count). The number of morpholine rings is 1. The highest BCUT2D eigenvalue weighted by atomic mass is 16.5. The van der Waals surface area contributed by atoms with Crippen LogP contribution in [0, 0.1) is 0 Å². The summed E-state index contributed by atoms with van der Waals surface area (Å²) in [6.45, 7) is 2.45. The average molecular weight is 259 g/mol. The smallest absolute Gasteiger partial charge is 0.254 e. The van der Waals surface area contributed by atoms with E-state index in [1.807, 2.05) is 12.1 Å². The minimum absolute atomic E-state index is 0.00800. The number of aromatic amines is 1. The average Bonchev–Trinajstić information content (AvgIpc) is 3.02. The second-order valence-electron chi connectivity index (χ2n) is 4.22. The third-order valence-electron chi connectivity index (χ3n) is 3.01. The summed E-state index contributed by atoms with van der Waals surface area (Å²) in [6.07, 6.45) is 0. The third-order valence-corrected chi connectivity index (χ3v) is 3.01. The van der Waals surface area contributed by atoms with Gasteiger partial charge in [0.2, 0.25) is 5.82 Å². The number of tetrazole rings is 1. The maximum Gasteiger partial charge on any atom is 0.254 e. The molecule has 1 saturated heterocycles. The Morgan fingerprint density at radius 1 is 1.32 bits per heavy atom. The number of hydrogen-bond acceptors (Lipinski definition) is 5. The Hall–Kier alpha value is -2.28. The number of aromatic nitrogens is 4. The Kier molecular flexibility index (Phi) is 3.20. The molecule has 0 bridgehead atoms. The van der Waals surface area contributed by atoms with Gasteiger partial charge in [0.1, 0.15) is 0 Å². The van der Waals surface area contributed by atoms with Crippen molar-refractivity contribution in [2.75, 3.05) is 26.3 Å². The van der Waals surface area contributed by atoms with Gasteiger partial charge >= 0.3 is 0 Å². The van der Waals surface area contributed by atoms with Gasteiger partial charge in [0.25, 0.3) is 5.91 Å². The molecule has 1 amide bonds. The molecule has 98 valence electrons. The highest BCUT2D eigenvalue weighted by Gasteiger charge is 2.19. The zero-order valence-electron chi connectivity index (χ0n) is 10.2. The quantitative estimate of drug-likeness (QED) is 0.840. The molecule has 0 atom stereocenters. The number of rotatable bonds is 2. The van der Waals surface area contributed by atoms with E-state index in [9.17, 15) is 4.79 Å². The van der Waals surface area contributed by atoms with Gasteiger partial charge in [0.05, 0.1) is 13.2 Å². The number of amides is 1. The number of nitrogens with zero attached hydrogens (tertiary/aromatic N) is 4. The molecule has 1 aromatic carbocycles. The number of benzene rings is 1. The summed E-state index contributed by atoms with van der Waals surface area (Å²) in [4.78, 5) is 14.1. The number of hydrogen-bond donors (Lipinski definition) is 1. The van der Waals surface area contributed by atoms with Crippen molar-refractivity contribution in [3.63, 3.8) is 0 Å². The second kappa shape index (κ2) is 5.15. The highest BCUT2D eigenvalue weighted by molar-refractivity contribution is 5.95. The first-order valence-corrected chi connectivity index (χ1v) is 6.05. The first-order chi connectivity index (χ1) is 9.34. The van der Waals surface area contributed by atoms with Gasteiger partial charge in [-0.25, -0.2) is 0 Å². The van der Waals surface area contributed by atoms with E-state index in [1.165, 1.54) is 0 Å². The van der Waals surface area contributed by atoms with Crippen LogP contribution in [-0.2, 0) is 4.74 Å². The molecule has 7 heteroatoms. The van der Waals surface area contributed by atoms with E-state index in [-0.39, 0.29) is 5.91 Å². The van der Waals surface area contributed by atoms with Gasteiger partial charge in [0, 0.05) is 24.2 Å². The van der Waals surface area contributed by atoms with E-state index in [0.717, 1.165) is 5.56 Å². The summed E-state index contributed by atoms with van der Waals surface area (Å²) >= 11 is 0. The highest BCUT2D eigenvalue weighted by Crippen LogP contribution is 2.16. The molecule has 7 nitrogen and oxygen atoms in total. The molecule has 0 spiro atoms. The summed E-state index contributed by atoms with van der Waals surface area (Å²) in [6, 6.07) is 7.24. The zero-order chi connectivity index (χ0) is 13.1. The first-order valence-electron chi connectivity index (χ1n) is 6.05. The van der Waals surface area contributed by atoms with Gasteiger partial charge in [-0.2, -0.15) is 5.21 Å². The molecule has 0 radical (unpaired) electrons. The first kappa shape index (κ1) is 11.8. The van der Waals surface area contributed by atoms with Crippen LogP contribution in [0.1, 0.15) is 10.4 Å². The van der Waals surface area contributed by atoms with Crippen LogP contribution >= 0.6 is 0 Å². The number of H-pyrrole nitrogens is 1. The fraction of sp³-hybridized carbons (Fsp3) is 0.333. The van der Waals surface area contributed by atoms with Crippen LogP contribution in [0.3, 0.4) is 0 Å². The van der Waals surface area contributed by atoms with Crippen LogP contribution in [-0.4, -0.2) is 57.7 Å². The summed E-state index contributed by atoms with van der Waals surface area (Å²) in [7, 11) is 0. The molecule has 1 N–H and O–H groups in total. The molecule has 0 unspecified atom stereocenters. The van der Waals surface area contributed by atoms with Gasteiger partial charge in [-0.3, -0.25) is 4.79 Å². The van der Waals surface area contributed by atoms with Crippen LogP contribution in [0.2, 0.25) is 0 Å². The van der Waals surface area contributed by atoms with Crippen molar-refractivity contribution in [1.29, 1.82) is 0 Å². The van der Waals surface area contributed by atoms with Gasteiger partial charge in [-0.05, 0) is 17.3 Å². The second-order valence-corrected chi connectivity index (χ2v) is 4.22. The fourth-order valence-electron chi connectivity index (χ4n) is 2.02. The zero-order valence-corrected chi connectivity index (χ0v) is 10.2. The van der Waals surface area contributed by atoms with Gasteiger partial charge < -0.3 is 9.64 Å². The molecule has 1 aliphatic heterocycles. The van der Waals surface area contributed by atoms with E-state index >= 15 is 0 Å². The van der Waals surface area contributed by atoms with E-state index in [1.54, 1.807) is 17.0 Å². The van der Waals surface area contributed by atoms with Crippen molar-refractivity contribution >= 4 is 5.91 Å². The fourth-order valence-corrected chi connectivity index (χ4v) is 2.02. The monoisotopic (exact) mass is 259 g/mol. The van der Waals surface area contributed by atoms with E-state index in [0.29, 0.717) is 37.7 Å². The minimum atomic E-state index is 0.00800. The number of carbonyl (C=O) groups excluding carboxylic acids is 1. The standard InChI is InChI=1S/C12H13N5O2/c18-12(17-4-6-19-7-5-17)10-3-1-2-9(8-10)11-13-15-16-14-11/h1-3,8H,4-7H2,(H,13,14,15,16).